The van der Waals surface area contributed by atoms with Gasteiger partial charge in [0.25, 0.3) is 0 Å². The number of halogens is 1. The predicted octanol–water partition coefficient (Wildman–Crippen LogP) is 2.64. The Morgan fingerprint density at radius 2 is 2.33 bits per heavy atom. The van der Waals surface area contributed by atoms with Gasteiger partial charge < -0.3 is 9.88 Å². The number of benzene rings is 1. The molecule has 1 heterocycles. The molecule has 0 aliphatic carbocycles. The molecule has 15 heavy (non-hydrogen) atoms. The van der Waals surface area contributed by atoms with Crippen molar-refractivity contribution >= 4 is 28.3 Å². The van der Waals surface area contributed by atoms with Crippen molar-refractivity contribution in [3.05, 3.63) is 46.1 Å². The van der Waals surface area contributed by atoms with Gasteiger partial charge in [-0.25, -0.2) is 4.98 Å². The lowest BCUT2D eigenvalue weighted by atomic mass is 10.3. The maximum absolute atomic E-state index is 4.07. The molecule has 78 valence electrons. The number of aryl methyl sites for hydroxylation is 1. The molecule has 0 saturated heterocycles. The van der Waals surface area contributed by atoms with Crippen molar-refractivity contribution in [2.75, 3.05) is 5.32 Å². The summed E-state index contributed by atoms with van der Waals surface area (Å²) < 4.78 is 3.25. The molecular weight excluding hydrogens is 301 g/mol. The van der Waals surface area contributed by atoms with Crippen molar-refractivity contribution in [3.63, 3.8) is 0 Å². The smallest absolute Gasteiger partial charge is 0.0946 e. The molecule has 1 aromatic carbocycles. The Hall–Kier alpha value is -1.04. The molecule has 1 aromatic heterocycles. The zero-order valence-electron chi connectivity index (χ0n) is 8.44. The molecule has 4 heteroatoms. The summed E-state index contributed by atoms with van der Waals surface area (Å²) in [6.45, 7) is 0.802. The molecule has 0 saturated carbocycles. The number of anilines is 1. The van der Waals surface area contributed by atoms with E-state index in [2.05, 4.69) is 51.1 Å². The van der Waals surface area contributed by atoms with Gasteiger partial charge in [0.2, 0.25) is 0 Å². The zero-order chi connectivity index (χ0) is 10.7. The van der Waals surface area contributed by atoms with Crippen molar-refractivity contribution in [1.29, 1.82) is 0 Å². The van der Waals surface area contributed by atoms with Crippen LogP contribution < -0.4 is 5.32 Å². The zero-order valence-corrected chi connectivity index (χ0v) is 10.6. The van der Waals surface area contributed by atoms with Crippen LogP contribution in [0, 0.1) is 3.57 Å². The van der Waals surface area contributed by atoms with Crippen LogP contribution in [-0.2, 0) is 13.6 Å². The summed E-state index contributed by atoms with van der Waals surface area (Å²) in [5.74, 6) is 0. The molecule has 0 unspecified atom stereocenters. The van der Waals surface area contributed by atoms with E-state index in [0.29, 0.717) is 0 Å². The van der Waals surface area contributed by atoms with Crippen LogP contribution in [0.3, 0.4) is 0 Å². The molecule has 0 aliphatic heterocycles. The molecule has 2 rings (SSSR count). The highest BCUT2D eigenvalue weighted by Gasteiger charge is 1.98. The van der Waals surface area contributed by atoms with Crippen LogP contribution in [0.2, 0.25) is 0 Å². The number of nitrogens with one attached hydrogen (secondary N) is 1. The number of rotatable bonds is 3. The summed E-state index contributed by atoms with van der Waals surface area (Å²) in [7, 11) is 2.00. The van der Waals surface area contributed by atoms with Gasteiger partial charge >= 0.3 is 0 Å². The third-order valence-electron chi connectivity index (χ3n) is 2.21. The Labute approximate surface area is 103 Å². The molecule has 3 nitrogen and oxygen atoms in total. The Morgan fingerprint density at radius 1 is 1.47 bits per heavy atom. The maximum atomic E-state index is 4.07. The van der Waals surface area contributed by atoms with Crippen molar-refractivity contribution in [2.24, 2.45) is 7.05 Å². The van der Waals surface area contributed by atoms with Crippen LogP contribution in [0.4, 0.5) is 5.69 Å². The normalized spacial score (nSPS) is 10.3. The minimum Gasteiger partial charge on any atom is -0.379 e. The van der Waals surface area contributed by atoms with E-state index in [9.17, 15) is 0 Å². The number of nitrogens with zero attached hydrogens (tertiary/aromatic N) is 2. The van der Waals surface area contributed by atoms with E-state index >= 15 is 0 Å². The molecule has 0 atom stereocenters. The quantitative estimate of drug-likeness (QED) is 0.883. The molecule has 0 amide bonds. The van der Waals surface area contributed by atoms with Gasteiger partial charge in [-0.1, -0.05) is 6.07 Å². The standard InChI is InChI=1S/C11H12IN3/c1-15-8-13-6-11(15)7-14-10-4-2-3-9(12)5-10/h2-6,8,14H,7H2,1H3. The molecular formula is C11H12IN3. The van der Waals surface area contributed by atoms with Gasteiger partial charge in [0, 0.05) is 22.5 Å². The summed E-state index contributed by atoms with van der Waals surface area (Å²) in [5.41, 5.74) is 2.32. The largest absolute Gasteiger partial charge is 0.379 e. The van der Waals surface area contributed by atoms with Crippen LogP contribution in [0.15, 0.2) is 36.8 Å². The second-order valence-electron chi connectivity index (χ2n) is 3.36. The number of aromatic nitrogens is 2. The molecule has 1 N–H and O–H groups in total. The van der Waals surface area contributed by atoms with Crippen molar-refractivity contribution in [2.45, 2.75) is 6.54 Å². The van der Waals surface area contributed by atoms with Crippen LogP contribution >= 0.6 is 22.6 Å². The minimum absolute atomic E-state index is 0.802. The van der Waals surface area contributed by atoms with E-state index in [4.69, 9.17) is 0 Å². The highest BCUT2D eigenvalue weighted by molar-refractivity contribution is 14.1. The first-order chi connectivity index (χ1) is 7.25. The van der Waals surface area contributed by atoms with Crippen LogP contribution in [-0.4, -0.2) is 9.55 Å². The first kappa shape index (κ1) is 10.5. The van der Waals surface area contributed by atoms with Crippen LogP contribution in [0.1, 0.15) is 5.69 Å². The SMILES string of the molecule is Cn1cncc1CNc1cccc(I)c1. The average Bonchev–Trinajstić information content (AvgIpc) is 2.61. The first-order valence-corrected chi connectivity index (χ1v) is 5.78. The fourth-order valence-corrected chi connectivity index (χ4v) is 1.89. The molecule has 0 bridgehead atoms. The van der Waals surface area contributed by atoms with Gasteiger partial charge in [0.1, 0.15) is 0 Å². The Balaban J connectivity index is 2.02. The predicted molar refractivity (Wildman–Crippen MR) is 69.7 cm³/mol. The van der Waals surface area contributed by atoms with E-state index in [1.165, 1.54) is 9.26 Å². The lowest BCUT2D eigenvalue weighted by Crippen LogP contribution is -2.03. The average molecular weight is 313 g/mol. The van der Waals surface area contributed by atoms with E-state index in [0.717, 1.165) is 12.2 Å². The molecule has 0 spiro atoms. The van der Waals surface area contributed by atoms with Gasteiger partial charge in [-0.15, -0.1) is 0 Å². The molecule has 0 fully saturated rings. The van der Waals surface area contributed by atoms with Crippen LogP contribution in [0.5, 0.6) is 0 Å². The summed E-state index contributed by atoms with van der Waals surface area (Å²) >= 11 is 2.31. The van der Waals surface area contributed by atoms with Gasteiger partial charge in [-0.3, -0.25) is 0 Å². The Kier molecular flexibility index (Phi) is 3.25. The highest BCUT2D eigenvalue weighted by Crippen LogP contribution is 2.13. The highest BCUT2D eigenvalue weighted by atomic mass is 127. The fraction of sp³-hybridized carbons (Fsp3) is 0.182. The van der Waals surface area contributed by atoms with Crippen molar-refractivity contribution in [1.82, 2.24) is 9.55 Å². The van der Waals surface area contributed by atoms with Crippen molar-refractivity contribution < 1.29 is 0 Å². The first-order valence-electron chi connectivity index (χ1n) is 4.70. The second kappa shape index (κ2) is 4.65. The lowest BCUT2D eigenvalue weighted by Gasteiger charge is -2.06. The summed E-state index contributed by atoms with van der Waals surface area (Å²) in [6.07, 6.45) is 3.69. The van der Waals surface area contributed by atoms with E-state index < -0.39 is 0 Å². The second-order valence-corrected chi connectivity index (χ2v) is 4.61. The van der Waals surface area contributed by atoms with Gasteiger partial charge in [-0.05, 0) is 40.8 Å². The van der Waals surface area contributed by atoms with E-state index in [-0.39, 0.29) is 0 Å². The van der Waals surface area contributed by atoms with Crippen LogP contribution in [0.25, 0.3) is 0 Å². The molecule has 0 radical (unpaired) electrons. The topological polar surface area (TPSA) is 29.9 Å². The van der Waals surface area contributed by atoms with E-state index in [1.54, 1.807) is 0 Å². The number of hydrogen-bond acceptors (Lipinski definition) is 2. The molecule has 2 aromatic rings. The number of imidazole rings is 1. The third-order valence-corrected chi connectivity index (χ3v) is 2.89. The maximum Gasteiger partial charge on any atom is 0.0946 e. The van der Waals surface area contributed by atoms with Gasteiger partial charge in [0.15, 0.2) is 0 Å². The monoisotopic (exact) mass is 313 g/mol. The lowest BCUT2D eigenvalue weighted by molar-refractivity contribution is 0.837. The third kappa shape index (κ3) is 2.71. The van der Waals surface area contributed by atoms with Gasteiger partial charge in [0.05, 0.1) is 18.6 Å². The number of hydrogen-bond donors (Lipinski definition) is 1. The summed E-state index contributed by atoms with van der Waals surface area (Å²) in [5, 5.41) is 3.36. The van der Waals surface area contributed by atoms with E-state index in [1.807, 2.05) is 30.2 Å². The fourth-order valence-electron chi connectivity index (χ4n) is 1.35. The molecule has 0 aliphatic rings. The summed E-state index contributed by atoms with van der Waals surface area (Å²) in [6, 6.07) is 8.32. The van der Waals surface area contributed by atoms with Crippen molar-refractivity contribution in [3.8, 4) is 0 Å². The minimum atomic E-state index is 0.802. The van der Waals surface area contributed by atoms with Gasteiger partial charge in [-0.2, -0.15) is 0 Å². The summed E-state index contributed by atoms with van der Waals surface area (Å²) in [4.78, 5) is 4.07. The Bertz CT molecular complexity index is 451. The Morgan fingerprint density at radius 3 is 3.00 bits per heavy atom.